The molecular weight excluding hydrogens is 348 g/mol. The van der Waals surface area contributed by atoms with Crippen molar-refractivity contribution in [2.24, 2.45) is 5.10 Å². The second kappa shape index (κ2) is 9.96. The Balaban J connectivity index is 1.83. The number of hydrogen-bond donors (Lipinski definition) is 1. The molecule has 0 aliphatic rings. The number of nitrogens with zero attached hydrogens (tertiary/aromatic N) is 1. The highest BCUT2D eigenvalue weighted by Crippen LogP contribution is 2.13. The van der Waals surface area contributed by atoms with Crippen molar-refractivity contribution in [3.05, 3.63) is 59.7 Å². The molecule has 7 nitrogen and oxygen atoms in total. The number of carbonyl (C=O) groups excluding carboxylic acids is 2. The van der Waals surface area contributed by atoms with Crippen molar-refractivity contribution in [3.8, 4) is 11.5 Å². The first-order valence-electron chi connectivity index (χ1n) is 8.41. The molecule has 0 radical (unpaired) electrons. The van der Waals surface area contributed by atoms with Gasteiger partial charge in [0.05, 0.1) is 25.0 Å². The first-order valence-corrected chi connectivity index (χ1v) is 8.41. The second-order valence-electron chi connectivity index (χ2n) is 5.49. The molecule has 142 valence electrons. The van der Waals surface area contributed by atoms with Crippen molar-refractivity contribution in [1.82, 2.24) is 5.43 Å². The van der Waals surface area contributed by atoms with E-state index in [9.17, 15) is 9.59 Å². The van der Waals surface area contributed by atoms with Crippen LogP contribution in [-0.2, 0) is 9.53 Å². The van der Waals surface area contributed by atoms with Crippen LogP contribution in [0.3, 0.4) is 0 Å². The number of hydrogen-bond acceptors (Lipinski definition) is 6. The van der Waals surface area contributed by atoms with Crippen LogP contribution in [0.2, 0.25) is 0 Å². The maximum Gasteiger partial charge on any atom is 0.338 e. The summed E-state index contributed by atoms with van der Waals surface area (Å²) in [5.41, 5.74) is 4.39. The van der Waals surface area contributed by atoms with Crippen LogP contribution in [0.4, 0.5) is 0 Å². The van der Waals surface area contributed by atoms with Gasteiger partial charge >= 0.3 is 5.97 Å². The number of rotatable bonds is 8. The van der Waals surface area contributed by atoms with E-state index in [1.807, 2.05) is 24.3 Å². The minimum Gasteiger partial charge on any atom is -0.497 e. The number of amides is 1. The molecule has 2 aromatic rings. The van der Waals surface area contributed by atoms with Crippen LogP contribution in [0.15, 0.2) is 53.6 Å². The fourth-order valence-corrected chi connectivity index (χ4v) is 2.13. The largest absolute Gasteiger partial charge is 0.497 e. The van der Waals surface area contributed by atoms with Crippen LogP contribution in [0.5, 0.6) is 11.5 Å². The molecule has 0 unspecified atom stereocenters. The predicted molar refractivity (Wildman–Crippen MR) is 101 cm³/mol. The molecule has 27 heavy (non-hydrogen) atoms. The molecule has 0 aromatic heterocycles. The van der Waals surface area contributed by atoms with Crippen molar-refractivity contribution >= 4 is 17.6 Å². The highest BCUT2D eigenvalue weighted by atomic mass is 16.5. The minimum absolute atomic E-state index is 0.196. The Kier molecular flexibility index (Phi) is 7.37. The molecule has 2 rings (SSSR count). The molecule has 0 fully saturated rings. The van der Waals surface area contributed by atoms with Gasteiger partial charge in [0.15, 0.2) is 6.61 Å². The van der Waals surface area contributed by atoms with Crippen LogP contribution < -0.4 is 14.9 Å². The lowest BCUT2D eigenvalue weighted by molar-refractivity contribution is -0.123. The molecule has 1 N–H and O–H groups in total. The predicted octanol–water partition coefficient (Wildman–Crippen LogP) is 2.79. The third-order valence-corrected chi connectivity index (χ3v) is 3.59. The molecule has 0 saturated carbocycles. The number of esters is 1. The van der Waals surface area contributed by atoms with Gasteiger partial charge in [0.1, 0.15) is 11.5 Å². The summed E-state index contributed by atoms with van der Waals surface area (Å²) in [6.45, 7) is 3.65. The monoisotopic (exact) mass is 370 g/mol. The quantitative estimate of drug-likeness (QED) is 0.439. The van der Waals surface area contributed by atoms with Crippen LogP contribution in [-0.4, -0.2) is 37.9 Å². The van der Waals surface area contributed by atoms with Crippen molar-refractivity contribution in [2.75, 3.05) is 20.3 Å². The molecule has 0 spiro atoms. The van der Waals surface area contributed by atoms with Gasteiger partial charge in [0.2, 0.25) is 0 Å². The molecule has 0 aliphatic heterocycles. The summed E-state index contributed by atoms with van der Waals surface area (Å²) in [4.78, 5) is 23.5. The molecule has 0 bridgehead atoms. The Labute approximate surface area is 157 Å². The second-order valence-corrected chi connectivity index (χ2v) is 5.49. The van der Waals surface area contributed by atoms with Crippen LogP contribution in [0.1, 0.15) is 29.8 Å². The summed E-state index contributed by atoms with van der Waals surface area (Å²) in [5.74, 6) is 0.425. The van der Waals surface area contributed by atoms with E-state index in [1.54, 1.807) is 45.2 Å². The minimum atomic E-state index is -0.398. The Bertz CT molecular complexity index is 798. The first kappa shape index (κ1) is 20.0. The molecule has 1 amide bonds. The van der Waals surface area contributed by atoms with Crippen LogP contribution in [0, 0.1) is 0 Å². The Morgan fingerprint density at radius 2 is 1.56 bits per heavy atom. The number of ether oxygens (including phenoxy) is 3. The maximum atomic E-state index is 11.9. The van der Waals surface area contributed by atoms with E-state index in [0.717, 1.165) is 11.3 Å². The van der Waals surface area contributed by atoms with Gasteiger partial charge in [-0.3, -0.25) is 4.79 Å². The summed E-state index contributed by atoms with van der Waals surface area (Å²) < 4.78 is 15.4. The van der Waals surface area contributed by atoms with E-state index in [4.69, 9.17) is 14.2 Å². The number of hydrazone groups is 1. The zero-order chi connectivity index (χ0) is 19.6. The van der Waals surface area contributed by atoms with Gasteiger partial charge < -0.3 is 14.2 Å². The van der Waals surface area contributed by atoms with Crippen LogP contribution in [0.25, 0.3) is 0 Å². The highest BCUT2D eigenvalue weighted by molar-refractivity contribution is 5.99. The Morgan fingerprint density at radius 3 is 2.15 bits per heavy atom. The van der Waals surface area contributed by atoms with Crippen molar-refractivity contribution < 1.29 is 23.8 Å². The zero-order valence-electron chi connectivity index (χ0n) is 15.5. The van der Waals surface area contributed by atoms with Gasteiger partial charge in [-0.05, 0) is 67.9 Å². The smallest absolute Gasteiger partial charge is 0.338 e. The highest BCUT2D eigenvalue weighted by Gasteiger charge is 2.07. The van der Waals surface area contributed by atoms with Crippen molar-refractivity contribution in [1.29, 1.82) is 0 Å². The fourth-order valence-electron chi connectivity index (χ4n) is 2.13. The number of methoxy groups -OCH3 is 1. The van der Waals surface area contributed by atoms with E-state index in [-0.39, 0.29) is 6.61 Å². The third kappa shape index (κ3) is 6.14. The topological polar surface area (TPSA) is 86.2 Å². The van der Waals surface area contributed by atoms with Crippen molar-refractivity contribution in [2.45, 2.75) is 13.8 Å². The molecular formula is C20H22N2O5. The van der Waals surface area contributed by atoms with E-state index in [2.05, 4.69) is 10.5 Å². The molecule has 2 aromatic carbocycles. The first-order chi connectivity index (χ1) is 13.0. The van der Waals surface area contributed by atoms with E-state index >= 15 is 0 Å². The molecule has 0 atom stereocenters. The Hall–Kier alpha value is -3.35. The van der Waals surface area contributed by atoms with E-state index in [1.165, 1.54) is 0 Å². The van der Waals surface area contributed by atoms with E-state index in [0.29, 0.717) is 23.6 Å². The number of nitrogens with one attached hydrogen (secondary N) is 1. The molecule has 7 heteroatoms. The molecule has 0 heterocycles. The normalized spacial score (nSPS) is 10.9. The van der Waals surface area contributed by atoms with Crippen molar-refractivity contribution in [3.63, 3.8) is 0 Å². The van der Waals surface area contributed by atoms with Gasteiger partial charge in [-0.2, -0.15) is 5.10 Å². The fraction of sp³-hybridized carbons (Fsp3) is 0.250. The lowest BCUT2D eigenvalue weighted by Gasteiger charge is -2.07. The van der Waals surface area contributed by atoms with Gasteiger partial charge in [-0.25, -0.2) is 10.2 Å². The maximum absolute atomic E-state index is 11.9. The Morgan fingerprint density at radius 1 is 0.963 bits per heavy atom. The van der Waals surface area contributed by atoms with Crippen LogP contribution >= 0.6 is 0 Å². The summed E-state index contributed by atoms with van der Waals surface area (Å²) in [7, 11) is 1.60. The average Bonchev–Trinajstić information content (AvgIpc) is 2.71. The van der Waals surface area contributed by atoms with Gasteiger partial charge in [-0.1, -0.05) is 0 Å². The lowest BCUT2D eigenvalue weighted by atomic mass is 10.1. The third-order valence-electron chi connectivity index (χ3n) is 3.59. The number of carbonyl (C=O) groups is 2. The SMILES string of the molecule is CCOC(=O)c1ccc(OCC(=O)NN=C(C)c2ccc(OC)cc2)cc1. The standard InChI is InChI=1S/C20H22N2O5/c1-4-26-20(24)16-7-11-18(12-8-16)27-13-19(23)22-21-14(2)15-5-9-17(25-3)10-6-15/h5-12H,4,13H2,1-3H3,(H,22,23). The summed E-state index contributed by atoms with van der Waals surface area (Å²) in [6, 6.07) is 13.7. The molecule has 0 saturated heterocycles. The number of benzene rings is 2. The summed E-state index contributed by atoms with van der Waals surface area (Å²) in [5, 5.41) is 4.05. The summed E-state index contributed by atoms with van der Waals surface area (Å²) >= 11 is 0. The lowest BCUT2D eigenvalue weighted by Crippen LogP contribution is -2.25. The summed E-state index contributed by atoms with van der Waals surface area (Å²) in [6.07, 6.45) is 0. The average molecular weight is 370 g/mol. The van der Waals surface area contributed by atoms with E-state index < -0.39 is 11.9 Å². The molecule has 0 aliphatic carbocycles. The zero-order valence-corrected chi connectivity index (χ0v) is 15.5. The van der Waals surface area contributed by atoms with Gasteiger partial charge in [0, 0.05) is 0 Å². The van der Waals surface area contributed by atoms with Gasteiger partial charge in [0.25, 0.3) is 5.91 Å². The van der Waals surface area contributed by atoms with Gasteiger partial charge in [-0.15, -0.1) is 0 Å².